The van der Waals surface area contributed by atoms with Crippen molar-refractivity contribution in [3.63, 3.8) is 0 Å². The first-order valence-corrected chi connectivity index (χ1v) is 9.22. The summed E-state index contributed by atoms with van der Waals surface area (Å²) in [5.41, 5.74) is 6.40. The van der Waals surface area contributed by atoms with Crippen LogP contribution in [-0.4, -0.2) is 21.8 Å². The molecule has 1 saturated heterocycles. The Balaban J connectivity index is 1.56. The number of hydrogen-bond donors (Lipinski definition) is 0. The summed E-state index contributed by atoms with van der Waals surface area (Å²) in [6.45, 7) is 4.12. The molecule has 5 heteroatoms. The fourth-order valence-corrected chi connectivity index (χ4v) is 4.20. The minimum Gasteiger partial charge on any atom is -0.274 e. The summed E-state index contributed by atoms with van der Waals surface area (Å²) in [5.74, 6) is -0.931. The van der Waals surface area contributed by atoms with Gasteiger partial charge in [0.15, 0.2) is 0 Å². The third kappa shape index (κ3) is 2.38. The Kier molecular flexibility index (Phi) is 3.41. The highest BCUT2D eigenvalue weighted by Crippen LogP contribution is 2.39. The van der Waals surface area contributed by atoms with Crippen molar-refractivity contribution in [2.45, 2.75) is 26.7 Å². The summed E-state index contributed by atoms with van der Waals surface area (Å²) in [6, 6.07) is 13.2. The molecule has 0 N–H and O–H groups in total. The molecule has 2 aromatic carbocycles. The van der Waals surface area contributed by atoms with Crippen LogP contribution in [0.5, 0.6) is 0 Å². The maximum absolute atomic E-state index is 13.0. The normalized spacial score (nSPS) is 21.5. The van der Waals surface area contributed by atoms with Crippen LogP contribution in [0.3, 0.4) is 0 Å². The number of carbonyl (C=O) groups excluding carboxylic acids is 2. The van der Waals surface area contributed by atoms with Crippen molar-refractivity contribution in [3.8, 4) is 0 Å². The lowest BCUT2D eigenvalue weighted by atomic mass is 9.81. The molecule has 3 aromatic rings. The van der Waals surface area contributed by atoms with E-state index in [0.29, 0.717) is 18.5 Å². The van der Waals surface area contributed by atoms with Crippen molar-refractivity contribution in [2.75, 3.05) is 4.90 Å². The van der Waals surface area contributed by atoms with Gasteiger partial charge in [-0.3, -0.25) is 14.5 Å². The fraction of sp³-hybridized carbons (Fsp3) is 0.273. The van der Waals surface area contributed by atoms with Gasteiger partial charge in [0, 0.05) is 12.8 Å². The molecule has 0 spiro atoms. The number of rotatable bonds is 1. The van der Waals surface area contributed by atoms with Crippen LogP contribution >= 0.6 is 0 Å². The number of aromatic nitrogens is 2. The van der Waals surface area contributed by atoms with E-state index in [-0.39, 0.29) is 23.7 Å². The largest absolute Gasteiger partial charge is 0.274 e. The minimum atomic E-state index is -0.344. The molecule has 1 aromatic heterocycles. The van der Waals surface area contributed by atoms with Gasteiger partial charge in [-0.1, -0.05) is 18.2 Å². The number of aryl methyl sites for hydroxylation is 2. The zero-order chi connectivity index (χ0) is 18.7. The summed E-state index contributed by atoms with van der Waals surface area (Å²) < 4.78 is 0. The number of fused-ring (bicyclic) bond motifs is 3. The molecule has 1 aliphatic heterocycles. The van der Waals surface area contributed by atoms with Gasteiger partial charge in [-0.15, -0.1) is 0 Å². The van der Waals surface area contributed by atoms with Crippen LogP contribution in [0, 0.1) is 25.7 Å². The quantitative estimate of drug-likeness (QED) is 0.628. The second-order valence-corrected chi connectivity index (χ2v) is 7.51. The number of amides is 2. The average Bonchev–Trinajstić information content (AvgIpc) is 2.90. The number of carbonyl (C=O) groups is 2. The number of nitrogens with zero attached hydrogens (tertiary/aromatic N) is 3. The SMILES string of the molecule is Cc1cc2nc3c(nc2cc1C)C[C@H]1C(=O)N(c2ccccc2)C(=O)[C@H]1C3. The molecule has 5 rings (SSSR count). The lowest BCUT2D eigenvalue weighted by Gasteiger charge is -2.22. The highest BCUT2D eigenvalue weighted by Gasteiger charge is 2.50. The van der Waals surface area contributed by atoms with Crippen LogP contribution < -0.4 is 4.90 Å². The summed E-state index contributed by atoms with van der Waals surface area (Å²) in [5, 5.41) is 0. The van der Waals surface area contributed by atoms with Gasteiger partial charge in [-0.25, -0.2) is 9.97 Å². The number of anilines is 1. The first kappa shape index (κ1) is 16.1. The Morgan fingerprint density at radius 3 is 1.78 bits per heavy atom. The molecule has 2 heterocycles. The Morgan fingerprint density at radius 1 is 0.815 bits per heavy atom. The minimum absolute atomic E-state index is 0.121. The van der Waals surface area contributed by atoms with Crippen LogP contribution in [0.25, 0.3) is 11.0 Å². The van der Waals surface area contributed by atoms with Gasteiger partial charge < -0.3 is 0 Å². The molecular formula is C22H19N3O2. The van der Waals surface area contributed by atoms with Crippen LogP contribution in [-0.2, 0) is 22.4 Å². The van der Waals surface area contributed by atoms with E-state index in [0.717, 1.165) is 22.4 Å². The van der Waals surface area contributed by atoms with E-state index in [1.807, 2.05) is 30.3 Å². The van der Waals surface area contributed by atoms with E-state index in [2.05, 4.69) is 13.8 Å². The molecule has 2 aliphatic rings. The molecular weight excluding hydrogens is 338 g/mol. The van der Waals surface area contributed by atoms with Crippen molar-refractivity contribution in [2.24, 2.45) is 11.8 Å². The van der Waals surface area contributed by atoms with Crippen LogP contribution in [0.2, 0.25) is 0 Å². The zero-order valence-electron chi connectivity index (χ0n) is 15.3. The van der Waals surface area contributed by atoms with Crippen molar-refractivity contribution >= 4 is 28.5 Å². The van der Waals surface area contributed by atoms with E-state index < -0.39 is 0 Å². The van der Waals surface area contributed by atoms with Crippen molar-refractivity contribution in [1.29, 1.82) is 0 Å². The second-order valence-electron chi connectivity index (χ2n) is 7.51. The highest BCUT2D eigenvalue weighted by atomic mass is 16.2. The maximum atomic E-state index is 13.0. The first-order valence-electron chi connectivity index (χ1n) is 9.22. The predicted octanol–water partition coefficient (Wildman–Crippen LogP) is 3.15. The molecule has 134 valence electrons. The average molecular weight is 357 g/mol. The van der Waals surface area contributed by atoms with Gasteiger partial charge in [-0.05, 0) is 49.2 Å². The van der Waals surface area contributed by atoms with Crippen LogP contribution in [0.1, 0.15) is 22.5 Å². The number of hydrogen-bond acceptors (Lipinski definition) is 4. The zero-order valence-corrected chi connectivity index (χ0v) is 15.3. The molecule has 1 fully saturated rings. The van der Waals surface area contributed by atoms with Gasteiger partial charge in [0.2, 0.25) is 11.8 Å². The van der Waals surface area contributed by atoms with Crippen LogP contribution in [0.15, 0.2) is 42.5 Å². The molecule has 0 bridgehead atoms. The lowest BCUT2D eigenvalue weighted by molar-refractivity contribution is -0.122. The number of benzene rings is 2. The number of para-hydroxylation sites is 1. The standard InChI is InChI=1S/C22H19N3O2/c1-12-8-17-18(9-13(12)2)24-20-11-16-15(10-19(20)23-17)21(26)25(22(16)27)14-6-4-3-5-7-14/h3-9,15-16H,10-11H2,1-2H3/t15-,16+. The summed E-state index contributed by atoms with van der Waals surface area (Å²) >= 11 is 0. The van der Waals surface area contributed by atoms with E-state index in [1.165, 1.54) is 16.0 Å². The van der Waals surface area contributed by atoms with E-state index in [9.17, 15) is 9.59 Å². The van der Waals surface area contributed by atoms with Crippen molar-refractivity contribution in [3.05, 3.63) is 65.0 Å². The molecule has 0 saturated carbocycles. The molecule has 1 aliphatic carbocycles. The Morgan fingerprint density at radius 2 is 1.30 bits per heavy atom. The van der Waals surface area contributed by atoms with Crippen molar-refractivity contribution < 1.29 is 9.59 Å². The lowest BCUT2D eigenvalue weighted by Crippen LogP contribution is -2.30. The number of imide groups is 1. The molecule has 27 heavy (non-hydrogen) atoms. The van der Waals surface area contributed by atoms with Gasteiger partial charge in [0.25, 0.3) is 0 Å². The van der Waals surface area contributed by atoms with E-state index in [4.69, 9.17) is 9.97 Å². The highest BCUT2D eigenvalue weighted by molar-refractivity contribution is 6.22. The Bertz CT molecular complexity index is 1040. The van der Waals surface area contributed by atoms with Crippen LogP contribution in [0.4, 0.5) is 5.69 Å². The monoisotopic (exact) mass is 357 g/mol. The summed E-state index contributed by atoms with van der Waals surface area (Å²) in [6.07, 6.45) is 0.952. The maximum Gasteiger partial charge on any atom is 0.238 e. The van der Waals surface area contributed by atoms with Gasteiger partial charge in [-0.2, -0.15) is 0 Å². The third-order valence-corrected chi connectivity index (χ3v) is 5.84. The summed E-state index contributed by atoms with van der Waals surface area (Å²) in [7, 11) is 0. The smallest absolute Gasteiger partial charge is 0.238 e. The summed E-state index contributed by atoms with van der Waals surface area (Å²) in [4.78, 5) is 36.9. The van der Waals surface area contributed by atoms with Gasteiger partial charge in [0.1, 0.15) is 0 Å². The topological polar surface area (TPSA) is 63.2 Å². The molecule has 2 amide bonds. The first-order chi connectivity index (χ1) is 13.0. The molecule has 0 radical (unpaired) electrons. The van der Waals surface area contributed by atoms with E-state index >= 15 is 0 Å². The fourth-order valence-electron chi connectivity index (χ4n) is 4.20. The molecule has 0 unspecified atom stereocenters. The Hall–Kier alpha value is -3.08. The predicted molar refractivity (Wildman–Crippen MR) is 102 cm³/mol. The Labute approximate surface area is 157 Å². The van der Waals surface area contributed by atoms with Gasteiger partial charge >= 0.3 is 0 Å². The second kappa shape index (κ2) is 5.71. The molecule has 5 nitrogen and oxygen atoms in total. The third-order valence-electron chi connectivity index (χ3n) is 5.84. The van der Waals surface area contributed by atoms with Crippen molar-refractivity contribution in [1.82, 2.24) is 9.97 Å². The molecule has 2 atom stereocenters. The van der Waals surface area contributed by atoms with Gasteiger partial charge in [0.05, 0.1) is 39.9 Å². The van der Waals surface area contributed by atoms with E-state index in [1.54, 1.807) is 12.1 Å².